The van der Waals surface area contributed by atoms with Crippen LogP contribution >= 0.6 is 0 Å². The minimum absolute atomic E-state index is 0.0254. The summed E-state index contributed by atoms with van der Waals surface area (Å²) in [7, 11) is -0.469. The van der Waals surface area contributed by atoms with Gasteiger partial charge in [0.15, 0.2) is 6.23 Å². The van der Waals surface area contributed by atoms with Crippen LogP contribution in [0.1, 0.15) is 37.0 Å². The Bertz CT molecular complexity index is 1180. The van der Waals surface area contributed by atoms with E-state index in [1.54, 1.807) is 38.1 Å². The lowest BCUT2D eigenvalue weighted by Gasteiger charge is -2.31. The smallest absolute Gasteiger partial charge is 0.380 e. The third-order valence-electron chi connectivity index (χ3n) is 5.84. The molecular weight excluding hydrogens is 515 g/mol. The summed E-state index contributed by atoms with van der Waals surface area (Å²) in [6, 6.07) is 6.53. The number of alkyl halides is 3. The highest BCUT2D eigenvalue weighted by atomic mass is 32.2. The molecule has 2 heterocycles. The summed E-state index contributed by atoms with van der Waals surface area (Å²) >= 11 is 0. The summed E-state index contributed by atoms with van der Waals surface area (Å²) < 4.78 is 71.3. The maximum atomic E-state index is 13.1. The van der Waals surface area contributed by atoms with E-state index in [2.05, 4.69) is 19.7 Å². The number of benzene rings is 1. The number of rotatable bonds is 10. The third-order valence-corrected chi connectivity index (χ3v) is 7.73. The molecule has 37 heavy (non-hydrogen) atoms. The first-order valence-corrected chi connectivity index (χ1v) is 13.2. The summed E-state index contributed by atoms with van der Waals surface area (Å²) in [5.41, 5.74) is 0.654. The highest BCUT2D eigenvalue weighted by Gasteiger charge is 2.36. The molecule has 206 valence electrons. The number of halogens is 3. The number of hydrogen-bond acceptors (Lipinski definition) is 9. The second-order valence-electron chi connectivity index (χ2n) is 8.77. The molecular formula is C22H32F3N7O4S. The largest absolute Gasteiger partial charge is 0.524 e. The van der Waals surface area contributed by atoms with Gasteiger partial charge in [0.25, 0.3) is 5.90 Å². The zero-order valence-electron chi connectivity index (χ0n) is 21.2. The van der Waals surface area contributed by atoms with E-state index in [0.717, 1.165) is 5.06 Å². The number of nitrogens with one attached hydrogen (secondary N) is 1. The molecule has 15 heteroatoms. The third kappa shape index (κ3) is 7.70. The highest BCUT2D eigenvalue weighted by molar-refractivity contribution is 7.89. The van der Waals surface area contributed by atoms with Gasteiger partial charge < -0.3 is 9.74 Å². The average Bonchev–Trinajstić information content (AvgIpc) is 3.18. The van der Waals surface area contributed by atoms with Crippen LogP contribution in [0.4, 0.5) is 13.2 Å². The summed E-state index contributed by atoms with van der Waals surface area (Å²) in [5.74, 6) is -0.273. The maximum Gasteiger partial charge on any atom is 0.524 e. The van der Waals surface area contributed by atoms with Gasteiger partial charge in [-0.25, -0.2) is 18.1 Å². The van der Waals surface area contributed by atoms with Crippen LogP contribution in [0.15, 0.2) is 29.2 Å². The van der Waals surface area contributed by atoms with Crippen LogP contribution in [0.2, 0.25) is 0 Å². The lowest BCUT2D eigenvalue weighted by molar-refractivity contribution is -0.379. The Morgan fingerprint density at radius 2 is 1.92 bits per heavy atom. The van der Waals surface area contributed by atoms with Gasteiger partial charge in [-0.3, -0.25) is 10.1 Å². The van der Waals surface area contributed by atoms with Gasteiger partial charge in [-0.15, -0.1) is 23.3 Å². The molecule has 0 bridgehead atoms. The van der Waals surface area contributed by atoms with Gasteiger partial charge in [0.05, 0.1) is 11.4 Å². The molecule has 0 amide bonds. The van der Waals surface area contributed by atoms with Gasteiger partial charge in [0, 0.05) is 33.2 Å². The molecule has 1 saturated heterocycles. The second-order valence-corrected chi connectivity index (χ2v) is 10.7. The molecule has 1 unspecified atom stereocenters. The minimum Gasteiger partial charge on any atom is -0.380 e. The van der Waals surface area contributed by atoms with Gasteiger partial charge in [-0.1, -0.05) is 25.5 Å². The molecule has 2 aromatic rings. The Hall–Kier alpha value is -2.59. The van der Waals surface area contributed by atoms with Crippen molar-refractivity contribution < 1.29 is 31.2 Å². The number of aromatic nitrogens is 3. The second kappa shape index (κ2) is 11.9. The number of likely N-dealkylation sites (N-methyl/N-ethyl adjacent to an activating group) is 1. The van der Waals surface area contributed by atoms with Crippen LogP contribution in [0, 0.1) is 12.3 Å². The van der Waals surface area contributed by atoms with Gasteiger partial charge in [-0.05, 0) is 38.1 Å². The standard InChI is InChI=1S/C22H32F3N7O4S/c1-5-7-19(35-22(23,24)25)30(4)36-20(26)21-27-16(2)32(28-21)15-17-8-6-9-18(14-17)37(33,34)31-12-10-29(3)11-13-31/h6,8-9,14,19,26H,5,7,10-13,15H2,1-4H3. The Morgan fingerprint density at radius 1 is 1.24 bits per heavy atom. The van der Waals surface area contributed by atoms with Gasteiger partial charge in [-0.2, -0.15) is 4.31 Å². The number of ether oxygens (including phenoxy) is 1. The van der Waals surface area contributed by atoms with E-state index >= 15 is 0 Å². The van der Waals surface area contributed by atoms with Crippen molar-refractivity contribution in [1.29, 1.82) is 5.41 Å². The van der Waals surface area contributed by atoms with Crippen molar-refractivity contribution >= 4 is 15.9 Å². The molecule has 0 radical (unpaired) electrons. The molecule has 0 aliphatic carbocycles. The molecule has 1 aliphatic heterocycles. The Morgan fingerprint density at radius 3 is 2.54 bits per heavy atom. The van der Waals surface area contributed by atoms with E-state index in [-0.39, 0.29) is 23.7 Å². The van der Waals surface area contributed by atoms with Crippen molar-refractivity contribution in [3.8, 4) is 0 Å². The summed E-state index contributed by atoms with van der Waals surface area (Å²) in [6.45, 7) is 5.66. The van der Waals surface area contributed by atoms with Crippen molar-refractivity contribution in [2.45, 2.75) is 50.7 Å². The Balaban J connectivity index is 1.71. The van der Waals surface area contributed by atoms with E-state index in [0.29, 0.717) is 44.0 Å². The molecule has 1 aliphatic rings. The lowest BCUT2D eigenvalue weighted by Crippen LogP contribution is -2.47. The summed E-state index contributed by atoms with van der Waals surface area (Å²) in [5, 5.41) is 13.2. The average molecular weight is 548 g/mol. The first-order valence-electron chi connectivity index (χ1n) is 11.7. The number of sulfonamides is 1. The van der Waals surface area contributed by atoms with Crippen LogP contribution in [0.3, 0.4) is 0 Å². The van der Waals surface area contributed by atoms with E-state index in [4.69, 9.17) is 10.2 Å². The van der Waals surface area contributed by atoms with Crippen LogP contribution < -0.4 is 0 Å². The molecule has 1 aromatic carbocycles. The summed E-state index contributed by atoms with van der Waals surface area (Å²) in [4.78, 5) is 11.6. The van der Waals surface area contributed by atoms with Crippen LogP contribution in [-0.2, 0) is 26.1 Å². The number of hydrogen-bond donors (Lipinski definition) is 1. The molecule has 0 spiro atoms. The first-order chi connectivity index (χ1) is 17.3. The van der Waals surface area contributed by atoms with Crippen LogP contribution in [-0.4, -0.2) is 96.2 Å². The summed E-state index contributed by atoms with van der Waals surface area (Å²) in [6.07, 6.45) is -5.88. The van der Waals surface area contributed by atoms with Crippen molar-refractivity contribution in [2.75, 3.05) is 40.3 Å². The molecule has 0 saturated carbocycles. The zero-order chi connectivity index (χ0) is 27.4. The first kappa shape index (κ1) is 29.0. The maximum absolute atomic E-state index is 13.1. The predicted molar refractivity (Wildman–Crippen MR) is 128 cm³/mol. The zero-order valence-corrected chi connectivity index (χ0v) is 22.0. The monoisotopic (exact) mass is 547 g/mol. The normalized spacial score (nSPS) is 16.8. The number of hydroxylamine groups is 2. The molecule has 11 nitrogen and oxygen atoms in total. The van der Waals surface area contributed by atoms with E-state index < -0.39 is 28.5 Å². The van der Waals surface area contributed by atoms with Gasteiger partial charge >= 0.3 is 6.36 Å². The van der Waals surface area contributed by atoms with E-state index in [1.807, 2.05) is 7.05 Å². The molecule has 1 atom stereocenters. The molecule has 1 N–H and O–H groups in total. The molecule has 1 aromatic heterocycles. The fourth-order valence-electron chi connectivity index (χ4n) is 3.78. The number of aryl methyl sites for hydroxylation is 1. The van der Waals surface area contributed by atoms with E-state index in [9.17, 15) is 21.6 Å². The van der Waals surface area contributed by atoms with Crippen LogP contribution in [0.5, 0.6) is 0 Å². The van der Waals surface area contributed by atoms with Crippen molar-refractivity contribution in [2.24, 2.45) is 0 Å². The fraction of sp³-hybridized carbons (Fsp3) is 0.591. The predicted octanol–water partition coefficient (Wildman–Crippen LogP) is 2.42. The Kier molecular flexibility index (Phi) is 9.28. The van der Waals surface area contributed by atoms with Crippen molar-refractivity contribution in [3.05, 3.63) is 41.5 Å². The molecule has 3 rings (SSSR count). The van der Waals surface area contributed by atoms with E-state index in [1.165, 1.54) is 16.0 Å². The Labute approximate surface area is 214 Å². The fourth-order valence-corrected chi connectivity index (χ4v) is 5.27. The van der Waals surface area contributed by atoms with Gasteiger partial charge in [0.2, 0.25) is 15.8 Å². The lowest BCUT2D eigenvalue weighted by atomic mass is 10.2. The van der Waals surface area contributed by atoms with Crippen molar-refractivity contribution in [3.63, 3.8) is 0 Å². The SMILES string of the molecule is CCCC(OC(F)(F)F)N(C)OC(=N)c1nc(C)n(Cc2cccc(S(=O)(=O)N3CCN(C)CC3)c2)n1. The highest BCUT2D eigenvalue weighted by Crippen LogP contribution is 2.23. The number of nitrogens with zero attached hydrogens (tertiary/aromatic N) is 6. The van der Waals surface area contributed by atoms with Crippen LogP contribution in [0.25, 0.3) is 0 Å². The topological polar surface area (TPSA) is 117 Å². The number of piperazine rings is 1. The van der Waals surface area contributed by atoms with Gasteiger partial charge in [0.1, 0.15) is 5.82 Å². The minimum atomic E-state index is -4.86. The quantitative estimate of drug-likeness (QED) is 0.209. The van der Waals surface area contributed by atoms with Crippen molar-refractivity contribution in [1.82, 2.24) is 29.0 Å². The molecule has 1 fully saturated rings.